The molecule has 0 amide bonds. The third-order valence-electron chi connectivity index (χ3n) is 3.68. The summed E-state index contributed by atoms with van der Waals surface area (Å²) in [5.74, 6) is 2.55. The molecule has 1 aliphatic carbocycles. The molecule has 0 radical (unpaired) electrons. The zero-order valence-electron chi connectivity index (χ0n) is 10.8. The van der Waals surface area contributed by atoms with Crippen LogP contribution in [0.3, 0.4) is 0 Å². The lowest BCUT2D eigenvalue weighted by Gasteiger charge is -2.22. The van der Waals surface area contributed by atoms with Gasteiger partial charge >= 0.3 is 0 Å². The monoisotopic (exact) mass is 245 g/mol. The Labute approximate surface area is 103 Å². The quantitative estimate of drug-likeness (QED) is 0.666. The lowest BCUT2D eigenvalue weighted by molar-refractivity contribution is 0.408. The Bertz CT molecular complexity index is 202. The Morgan fingerprint density at radius 1 is 1.31 bits per heavy atom. The lowest BCUT2D eigenvalue weighted by Crippen LogP contribution is -2.37. The van der Waals surface area contributed by atoms with Crippen LogP contribution in [0.4, 0.5) is 0 Å². The van der Waals surface area contributed by atoms with Gasteiger partial charge in [-0.1, -0.05) is 32.6 Å². The Kier molecular flexibility index (Phi) is 7.30. The molecule has 2 atom stereocenters. The van der Waals surface area contributed by atoms with Gasteiger partial charge in [0.15, 0.2) is 0 Å². The van der Waals surface area contributed by atoms with Gasteiger partial charge in [-0.3, -0.25) is 4.21 Å². The van der Waals surface area contributed by atoms with Gasteiger partial charge < -0.3 is 5.32 Å². The van der Waals surface area contributed by atoms with Crippen LogP contribution in [0.2, 0.25) is 0 Å². The summed E-state index contributed by atoms with van der Waals surface area (Å²) in [5, 5.41) is 3.37. The summed E-state index contributed by atoms with van der Waals surface area (Å²) in [5.41, 5.74) is 0. The fourth-order valence-corrected chi connectivity index (χ4v) is 4.14. The second-order valence-electron chi connectivity index (χ2n) is 4.96. The zero-order chi connectivity index (χ0) is 11.8. The largest absolute Gasteiger partial charge is 0.316 e. The van der Waals surface area contributed by atoms with Crippen molar-refractivity contribution in [2.24, 2.45) is 5.92 Å². The van der Waals surface area contributed by atoms with Gasteiger partial charge in [-0.15, -0.1) is 0 Å². The SMILES string of the molecule is CCCCCS(=O)CC(NC)C1CCCC1. The molecule has 16 heavy (non-hydrogen) atoms. The Morgan fingerprint density at radius 3 is 2.56 bits per heavy atom. The topological polar surface area (TPSA) is 29.1 Å². The van der Waals surface area contributed by atoms with Gasteiger partial charge in [-0.25, -0.2) is 0 Å². The summed E-state index contributed by atoms with van der Waals surface area (Å²) >= 11 is 0. The fourth-order valence-electron chi connectivity index (χ4n) is 2.61. The van der Waals surface area contributed by atoms with Gasteiger partial charge in [0.1, 0.15) is 0 Å². The van der Waals surface area contributed by atoms with Crippen molar-refractivity contribution in [1.29, 1.82) is 0 Å². The standard InChI is InChI=1S/C13H27NOS/c1-3-4-7-10-16(15)11-13(14-2)12-8-5-6-9-12/h12-14H,3-11H2,1-2H3. The van der Waals surface area contributed by atoms with E-state index in [1.807, 2.05) is 7.05 Å². The van der Waals surface area contributed by atoms with Crippen molar-refractivity contribution >= 4 is 10.8 Å². The smallest absolute Gasteiger partial charge is 0.0391 e. The van der Waals surface area contributed by atoms with E-state index in [2.05, 4.69) is 12.2 Å². The first-order valence-corrected chi connectivity index (χ1v) is 8.29. The minimum Gasteiger partial charge on any atom is -0.316 e. The molecule has 96 valence electrons. The Balaban J connectivity index is 2.23. The van der Waals surface area contributed by atoms with Gasteiger partial charge in [0.25, 0.3) is 0 Å². The van der Waals surface area contributed by atoms with Crippen LogP contribution in [0.25, 0.3) is 0 Å². The van der Waals surface area contributed by atoms with E-state index in [9.17, 15) is 4.21 Å². The second kappa shape index (κ2) is 8.24. The first-order valence-electron chi connectivity index (χ1n) is 6.80. The maximum absolute atomic E-state index is 11.9. The van der Waals surface area contributed by atoms with Gasteiger partial charge in [-0.05, 0) is 32.2 Å². The van der Waals surface area contributed by atoms with Crippen molar-refractivity contribution in [3.63, 3.8) is 0 Å². The lowest BCUT2D eigenvalue weighted by atomic mass is 10.0. The highest BCUT2D eigenvalue weighted by Crippen LogP contribution is 2.28. The van der Waals surface area contributed by atoms with Crippen LogP contribution in [0.1, 0.15) is 51.9 Å². The van der Waals surface area contributed by atoms with Crippen molar-refractivity contribution in [3.8, 4) is 0 Å². The van der Waals surface area contributed by atoms with Crippen LogP contribution in [0.5, 0.6) is 0 Å². The van der Waals surface area contributed by atoms with Crippen LogP contribution in [-0.2, 0) is 10.8 Å². The summed E-state index contributed by atoms with van der Waals surface area (Å²) in [6.45, 7) is 2.19. The summed E-state index contributed by atoms with van der Waals surface area (Å²) in [6, 6.07) is 0.491. The molecule has 0 aromatic rings. The van der Waals surface area contributed by atoms with Crippen LogP contribution in [0.15, 0.2) is 0 Å². The van der Waals surface area contributed by atoms with Gasteiger partial charge in [-0.2, -0.15) is 0 Å². The highest BCUT2D eigenvalue weighted by Gasteiger charge is 2.24. The first-order chi connectivity index (χ1) is 7.77. The molecule has 1 rings (SSSR count). The number of hydrogen-bond donors (Lipinski definition) is 1. The molecule has 0 saturated heterocycles. The van der Waals surface area contributed by atoms with Crippen molar-refractivity contribution in [1.82, 2.24) is 5.32 Å². The maximum atomic E-state index is 11.9. The predicted molar refractivity (Wildman–Crippen MR) is 72.2 cm³/mol. The molecule has 0 aromatic heterocycles. The molecular formula is C13H27NOS. The summed E-state index contributed by atoms with van der Waals surface area (Å²) in [4.78, 5) is 0. The van der Waals surface area contributed by atoms with Crippen molar-refractivity contribution in [2.45, 2.75) is 57.9 Å². The third-order valence-corrected chi connectivity index (χ3v) is 5.16. The van der Waals surface area contributed by atoms with E-state index in [1.54, 1.807) is 0 Å². The Morgan fingerprint density at radius 2 is 2.00 bits per heavy atom. The molecule has 0 spiro atoms. The van der Waals surface area contributed by atoms with Gasteiger partial charge in [0, 0.05) is 28.3 Å². The predicted octanol–water partition coefficient (Wildman–Crippen LogP) is 2.70. The number of hydrogen-bond acceptors (Lipinski definition) is 2. The minimum atomic E-state index is -0.610. The van der Waals surface area contributed by atoms with E-state index < -0.39 is 10.8 Å². The van der Waals surface area contributed by atoms with Crippen molar-refractivity contribution < 1.29 is 4.21 Å². The molecule has 3 heteroatoms. The molecule has 1 aliphatic rings. The fraction of sp³-hybridized carbons (Fsp3) is 1.00. The molecule has 0 aliphatic heterocycles. The maximum Gasteiger partial charge on any atom is 0.0391 e. The van der Waals surface area contributed by atoms with Crippen molar-refractivity contribution in [2.75, 3.05) is 18.6 Å². The van der Waals surface area contributed by atoms with E-state index in [4.69, 9.17) is 0 Å². The van der Waals surface area contributed by atoms with Crippen LogP contribution in [0, 0.1) is 5.92 Å². The van der Waals surface area contributed by atoms with E-state index in [-0.39, 0.29) is 0 Å². The molecular weight excluding hydrogens is 218 g/mol. The zero-order valence-corrected chi connectivity index (χ0v) is 11.7. The summed E-state index contributed by atoms with van der Waals surface area (Å²) in [7, 11) is 1.41. The van der Waals surface area contributed by atoms with Gasteiger partial charge in [0.2, 0.25) is 0 Å². The Hall–Kier alpha value is 0.110. The normalized spacial score (nSPS) is 21.1. The molecule has 1 fully saturated rings. The van der Waals surface area contributed by atoms with Gasteiger partial charge in [0.05, 0.1) is 0 Å². The number of unbranched alkanes of at least 4 members (excludes halogenated alkanes) is 2. The molecule has 1 N–H and O–H groups in total. The number of nitrogens with one attached hydrogen (secondary N) is 1. The second-order valence-corrected chi connectivity index (χ2v) is 6.58. The molecule has 0 aromatic carbocycles. The third kappa shape index (κ3) is 4.96. The van der Waals surface area contributed by atoms with E-state index in [0.29, 0.717) is 6.04 Å². The van der Waals surface area contributed by atoms with Crippen LogP contribution >= 0.6 is 0 Å². The minimum absolute atomic E-state index is 0.491. The molecule has 0 bridgehead atoms. The first kappa shape index (κ1) is 14.2. The van der Waals surface area contributed by atoms with E-state index >= 15 is 0 Å². The highest BCUT2D eigenvalue weighted by molar-refractivity contribution is 7.85. The molecule has 1 saturated carbocycles. The molecule has 2 unspecified atom stereocenters. The highest BCUT2D eigenvalue weighted by atomic mass is 32.2. The van der Waals surface area contributed by atoms with Crippen LogP contribution < -0.4 is 5.32 Å². The van der Waals surface area contributed by atoms with E-state index in [1.165, 1.54) is 38.5 Å². The van der Waals surface area contributed by atoms with Crippen LogP contribution in [-0.4, -0.2) is 28.8 Å². The summed E-state index contributed by atoms with van der Waals surface area (Å²) in [6.07, 6.45) is 8.96. The molecule has 0 heterocycles. The number of rotatable bonds is 8. The molecule has 2 nitrogen and oxygen atoms in total. The summed E-state index contributed by atoms with van der Waals surface area (Å²) < 4.78 is 11.9. The average Bonchev–Trinajstić information content (AvgIpc) is 2.79. The van der Waals surface area contributed by atoms with E-state index in [0.717, 1.165) is 23.8 Å². The van der Waals surface area contributed by atoms with Crippen molar-refractivity contribution in [3.05, 3.63) is 0 Å². The average molecular weight is 245 g/mol.